The molecule has 0 unspecified atom stereocenters. The van der Waals surface area contributed by atoms with Gasteiger partial charge in [0.1, 0.15) is 5.41 Å². The summed E-state index contributed by atoms with van der Waals surface area (Å²) in [7, 11) is 0. The van der Waals surface area contributed by atoms with Crippen molar-refractivity contribution in [2.45, 2.75) is 20.8 Å². The summed E-state index contributed by atoms with van der Waals surface area (Å²) < 4.78 is 0. The average molecular weight is 256 g/mol. The van der Waals surface area contributed by atoms with E-state index in [-0.39, 0.29) is 0 Å². The number of anilines is 1. The molecule has 1 rings (SSSR count). The van der Waals surface area contributed by atoms with E-state index in [9.17, 15) is 9.59 Å². The van der Waals surface area contributed by atoms with E-state index in [1.165, 1.54) is 13.8 Å². The molecule has 0 bridgehead atoms. The van der Waals surface area contributed by atoms with Crippen LogP contribution in [0.5, 0.6) is 0 Å². The highest BCUT2D eigenvalue weighted by atomic mass is 35.5. The molecule has 17 heavy (non-hydrogen) atoms. The molecule has 92 valence electrons. The van der Waals surface area contributed by atoms with Crippen LogP contribution in [-0.2, 0) is 9.59 Å². The standard InChI is InChI=1S/C12H14ClNO3/c1-7-4-5-9(8(13)6-7)14-10(15)12(2,3)11(16)17/h4-6H,1-3H3,(H,14,15)(H,16,17). The van der Waals surface area contributed by atoms with E-state index in [0.717, 1.165) is 5.56 Å². The van der Waals surface area contributed by atoms with Crippen molar-refractivity contribution in [2.75, 3.05) is 5.32 Å². The second-order valence-electron chi connectivity index (χ2n) is 4.37. The third-order valence-electron chi connectivity index (χ3n) is 2.48. The van der Waals surface area contributed by atoms with Gasteiger partial charge in [-0.05, 0) is 38.5 Å². The van der Waals surface area contributed by atoms with Gasteiger partial charge >= 0.3 is 5.97 Å². The van der Waals surface area contributed by atoms with Crippen LogP contribution in [0.15, 0.2) is 18.2 Å². The minimum Gasteiger partial charge on any atom is -0.480 e. The number of carbonyl (C=O) groups is 2. The molecule has 4 nitrogen and oxygen atoms in total. The largest absolute Gasteiger partial charge is 0.480 e. The van der Waals surface area contributed by atoms with E-state index in [1.807, 2.05) is 6.92 Å². The highest BCUT2D eigenvalue weighted by molar-refractivity contribution is 6.34. The zero-order valence-corrected chi connectivity index (χ0v) is 10.6. The van der Waals surface area contributed by atoms with Crippen LogP contribution in [0.25, 0.3) is 0 Å². The van der Waals surface area contributed by atoms with Gasteiger partial charge in [-0.15, -0.1) is 0 Å². The zero-order valence-electron chi connectivity index (χ0n) is 9.87. The first-order valence-corrected chi connectivity index (χ1v) is 5.44. The molecular formula is C12H14ClNO3. The quantitative estimate of drug-likeness (QED) is 0.816. The summed E-state index contributed by atoms with van der Waals surface area (Å²) in [6.45, 7) is 4.55. The van der Waals surface area contributed by atoms with Crippen molar-refractivity contribution >= 4 is 29.2 Å². The summed E-state index contributed by atoms with van der Waals surface area (Å²) in [6, 6.07) is 5.13. The van der Waals surface area contributed by atoms with Crippen LogP contribution < -0.4 is 5.32 Å². The molecule has 0 aliphatic carbocycles. The number of hydrogen-bond acceptors (Lipinski definition) is 2. The van der Waals surface area contributed by atoms with Gasteiger partial charge in [0, 0.05) is 0 Å². The Labute approximate surface area is 105 Å². The Morgan fingerprint density at radius 1 is 1.35 bits per heavy atom. The van der Waals surface area contributed by atoms with Crippen LogP contribution in [0.3, 0.4) is 0 Å². The van der Waals surface area contributed by atoms with Gasteiger partial charge in [-0.1, -0.05) is 17.7 Å². The van der Waals surface area contributed by atoms with Crippen LogP contribution in [0, 0.1) is 12.3 Å². The minimum atomic E-state index is -1.49. The molecule has 0 saturated heterocycles. The third kappa shape index (κ3) is 2.97. The van der Waals surface area contributed by atoms with Crippen molar-refractivity contribution in [3.63, 3.8) is 0 Å². The fraction of sp³-hybridized carbons (Fsp3) is 0.333. The lowest BCUT2D eigenvalue weighted by Crippen LogP contribution is -2.37. The number of aryl methyl sites for hydroxylation is 1. The summed E-state index contributed by atoms with van der Waals surface area (Å²) >= 11 is 5.94. The van der Waals surface area contributed by atoms with Gasteiger partial charge in [0.05, 0.1) is 10.7 Å². The van der Waals surface area contributed by atoms with Crippen molar-refractivity contribution in [2.24, 2.45) is 5.41 Å². The average Bonchev–Trinajstić information content (AvgIpc) is 2.21. The van der Waals surface area contributed by atoms with Gasteiger partial charge in [0.2, 0.25) is 5.91 Å². The lowest BCUT2D eigenvalue weighted by molar-refractivity contribution is -0.151. The normalized spacial score (nSPS) is 11.1. The number of benzene rings is 1. The first-order chi connectivity index (χ1) is 7.75. The maximum Gasteiger partial charge on any atom is 0.318 e. The second-order valence-corrected chi connectivity index (χ2v) is 4.77. The number of carboxylic acid groups (broad SMARTS) is 1. The minimum absolute atomic E-state index is 0.388. The van der Waals surface area contributed by atoms with Crippen LogP contribution in [0.4, 0.5) is 5.69 Å². The third-order valence-corrected chi connectivity index (χ3v) is 2.79. The van der Waals surface area contributed by atoms with Crippen LogP contribution in [0.2, 0.25) is 5.02 Å². The Balaban J connectivity index is 2.92. The van der Waals surface area contributed by atoms with Gasteiger partial charge in [-0.25, -0.2) is 0 Å². The summed E-state index contributed by atoms with van der Waals surface area (Å²) in [5.74, 6) is -1.78. The molecule has 1 aromatic carbocycles. The first-order valence-electron chi connectivity index (χ1n) is 5.06. The van der Waals surface area contributed by atoms with Gasteiger partial charge < -0.3 is 10.4 Å². The maximum atomic E-state index is 11.8. The van der Waals surface area contributed by atoms with Gasteiger partial charge in [-0.3, -0.25) is 9.59 Å². The topological polar surface area (TPSA) is 66.4 Å². The highest BCUT2D eigenvalue weighted by Crippen LogP contribution is 2.25. The van der Waals surface area contributed by atoms with E-state index >= 15 is 0 Å². The monoisotopic (exact) mass is 255 g/mol. The number of halogens is 1. The number of rotatable bonds is 3. The molecule has 1 amide bonds. The smallest absolute Gasteiger partial charge is 0.318 e. The molecule has 0 radical (unpaired) electrons. The molecule has 0 heterocycles. The number of carbonyl (C=O) groups excluding carboxylic acids is 1. The number of nitrogens with one attached hydrogen (secondary N) is 1. The second kappa shape index (κ2) is 4.75. The lowest BCUT2D eigenvalue weighted by Gasteiger charge is -2.18. The Bertz CT molecular complexity index is 469. The molecule has 0 spiro atoms. The Hall–Kier alpha value is -1.55. The number of hydrogen-bond donors (Lipinski definition) is 2. The maximum absolute atomic E-state index is 11.8. The lowest BCUT2D eigenvalue weighted by atomic mass is 9.92. The molecule has 0 aliphatic rings. The van der Waals surface area contributed by atoms with Crippen LogP contribution in [-0.4, -0.2) is 17.0 Å². The van der Waals surface area contributed by atoms with Crippen molar-refractivity contribution in [1.29, 1.82) is 0 Å². The molecular weight excluding hydrogens is 242 g/mol. The molecule has 0 aromatic heterocycles. The Kier molecular flexibility index (Phi) is 3.78. The van der Waals surface area contributed by atoms with Gasteiger partial charge in [-0.2, -0.15) is 0 Å². The highest BCUT2D eigenvalue weighted by Gasteiger charge is 2.36. The summed E-state index contributed by atoms with van der Waals surface area (Å²) in [6.07, 6.45) is 0. The predicted molar refractivity (Wildman–Crippen MR) is 66.2 cm³/mol. The van der Waals surface area contributed by atoms with Crippen molar-refractivity contribution < 1.29 is 14.7 Å². The Morgan fingerprint density at radius 2 is 1.94 bits per heavy atom. The summed E-state index contributed by atoms with van der Waals surface area (Å²) in [5, 5.41) is 11.8. The van der Waals surface area contributed by atoms with E-state index < -0.39 is 17.3 Å². The fourth-order valence-electron chi connectivity index (χ4n) is 1.10. The molecule has 0 atom stereocenters. The van der Waals surface area contributed by atoms with Gasteiger partial charge in [0.25, 0.3) is 0 Å². The Morgan fingerprint density at radius 3 is 2.41 bits per heavy atom. The number of amides is 1. The fourth-order valence-corrected chi connectivity index (χ4v) is 1.38. The SMILES string of the molecule is Cc1ccc(NC(=O)C(C)(C)C(=O)O)c(Cl)c1. The molecule has 2 N–H and O–H groups in total. The van der Waals surface area contributed by atoms with Gasteiger partial charge in [0.15, 0.2) is 0 Å². The van der Waals surface area contributed by atoms with E-state index in [0.29, 0.717) is 10.7 Å². The summed E-state index contributed by atoms with van der Waals surface area (Å²) in [4.78, 5) is 22.7. The molecule has 5 heteroatoms. The molecule has 0 aliphatic heterocycles. The van der Waals surface area contributed by atoms with Crippen molar-refractivity contribution in [3.8, 4) is 0 Å². The summed E-state index contributed by atoms with van der Waals surface area (Å²) in [5.41, 5.74) is -0.115. The van der Waals surface area contributed by atoms with E-state index in [2.05, 4.69) is 5.32 Å². The molecule has 0 saturated carbocycles. The van der Waals surface area contributed by atoms with Crippen molar-refractivity contribution in [3.05, 3.63) is 28.8 Å². The molecule has 0 fully saturated rings. The van der Waals surface area contributed by atoms with E-state index in [1.54, 1.807) is 18.2 Å². The molecule has 1 aromatic rings. The first kappa shape index (κ1) is 13.5. The van der Waals surface area contributed by atoms with Crippen LogP contribution >= 0.6 is 11.6 Å². The predicted octanol–water partition coefficient (Wildman–Crippen LogP) is 2.70. The van der Waals surface area contributed by atoms with E-state index in [4.69, 9.17) is 16.7 Å². The zero-order chi connectivity index (χ0) is 13.2. The van der Waals surface area contributed by atoms with Crippen LogP contribution in [0.1, 0.15) is 19.4 Å². The number of carboxylic acids is 1. The van der Waals surface area contributed by atoms with Crippen molar-refractivity contribution in [1.82, 2.24) is 0 Å². The number of aliphatic carboxylic acids is 1.